The van der Waals surface area contributed by atoms with Gasteiger partial charge in [0, 0.05) is 37.2 Å². The van der Waals surface area contributed by atoms with Crippen LogP contribution in [0.25, 0.3) is 0 Å². The Bertz CT molecular complexity index is 763. The molecule has 1 amide bonds. The minimum Gasteiger partial charge on any atom is -0.326 e. The Balaban J connectivity index is 2.20. The average molecular weight is 308 g/mol. The Labute approximate surface area is 122 Å². The Morgan fingerprint density at radius 1 is 1.33 bits per heavy atom. The number of aromatic nitrogens is 2. The highest BCUT2D eigenvalue weighted by Gasteiger charge is 2.13. The average Bonchev–Trinajstić information content (AvgIpc) is 2.78. The van der Waals surface area contributed by atoms with Gasteiger partial charge < -0.3 is 11.1 Å². The van der Waals surface area contributed by atoms with Crippen molar-refractivity contribution in [3.05, 3.63) is 41.6 Å². The van der Waals surface area contributed by atoms with Gasteiger partial charge in [-0.05, 0) is 24.3 Å². The molecule has 0 atom stereocenters. The quantitative estimate of drug-likeness (QED) is 0.857. The number of carbonyl (C=O) groups excluding carboxylic acids is 1. The molecule has 0 fully saturated rings. The molecule has 2 aromatic rings. The molecule has 7 nitrogen and oxygen atoms in total. The van der Waals surface area contributed by atoms with Crippen LogP contribution in [-0.4, -0.2) is 30.4 Å². The van der Waals surface area contributed by atoms with E-state index in [1.807, 2.05) is 0 Å². The van der Waals surface area contributed by atoms with Gasteiger partial charge in [-0.25, -0.2) is 8.42 Å². The molecular formula is C13H16N4O3S. The van der Waals surface area contributed by atoms with Crippen LogP contribution in [0.5, 0.6) is 0 Å². The molecule has 0 bridgehead atoms. The summed E-state index contributed by atoms with van der Waals surface area (Å²) in [4.78, 5) is 12.3. The summed E-state index contributed by atoms with van der Waals surface area (Å²) in [5.41, 5.74) is 6.64. The second-order valence-corrected chi connectivity index (χ2v) is 6.65. The maximum atomic E-state index is 12.1. The summed E-state index contributed by atoms with van der Waals surface area (Å²) in [5.74, 6) is 0.0284. The summed E-state index contributed by atoms with van der Waals surface area (Å²) in [6.07, 6.45) is 2.84. The minimum atomic E-state index is -3.28. The van der Waals surface area contributed by atoms with Crippen molar-refractivity contribution in [3.63, 3.8) is 0 Å². The first-order valence-corrected chi connectivity index (χ1v) is 8.04. The molecule has 0 spiro atoms. The molecule has 3 N–H and O–H groups in total. The molecule has 0 aliphatic heterocycles. The molecule has 0 saturated carbocycles. The molecule has 0 unspecified atom stereocenters. The molecule has 0 saturated heterocycles. The summed E-state index contributed by atoms with van der Waals surface area (Å²) >= 11 is 0. The van der Waals surface area contributed by atoms with Gasteiger partial charge in [0.2, 0.25) is 0 Å². The van der Waals surface area contributed by atoms with Gasteiger partial charge in [-0.15, -0.1) is 0 Å². The zero-order valence-corrected chi connectivity index (χ0v) is 12.5. The third-order valence-electron chi connectivity index (χ3n) is 2.90. The number of hydrogen-bond acceptors (Lipinski definition) is 5. The first-order valence-electron chi connectivity index (χ1n) is 6.15. The van der Waals surface area contributed by atoms with Crippen molar-refractivity contribution in [1.29, 1.82) is 0 Å². The summed E-state index contributed by atoms with van der Waals surface area (Å²) in [6.45, 7) is 0.260. The second-order valence-electron chi connectivity index (χ2n) is 4.63. The molecule has 21 heavy (non-hydrogen) atoms. The third kappa shape index (κ3) is 3.47. The summed E-state index contributed by atoms with van der Waals surface area (Å²) in [5, 5.41) is 6.77. The lowest BCUT2D eigenvalue weighted by atomic mass is 10.2. The highest BCUT2D eigenvalue weighted by Crippen LogP contribution is 2.15. The summed E-state index contributed by atoms with van der Waals surface area (Å²) in [6, 6.07) is 5.70. The van der Waals surface area contributed by atoms with E-state index in [0.717, 1.165) is 11.8 Å². The van der Waals surface area contributed by atoms with E-state index in [9.17, 15) is 13.2 Å². The van der Waals surface area contributed by atoms with E-state index >= 15 is 0 Å². The molecular weight excluding hydrogens is 292 g/mol. The van der Waals surface area contributed by atoms with Gasteiger partial charge in [0.05, 0.1) is 4.90 Å². The van der Waals surface area contributed by atoms with E-state index in [0.29, 0.717) is 11.4 Å². The lowest BCUT2D eigenvalue weighted by Crippen LogP contribution is -2.14. The maximum Gasteiger partial charge on any atom is 0.256 e. The van der Waals surface area contributed by atoms with Crippen LogP contribution in [0.4, 0.5) is 5.82 Å². The lowest BCUT2D eigenvalue weighted by molar-refractivity contribution is 0.102. The Kier molecular flexibility index (Phi) is 4.10. The van der Waals surface area contributed by atoms with E-state index in [1.54, 1.807) is 17.9 Å². The van der Waals surface area contributed by atoms with Gasteiger partial charge in [-0.1, -0.05) is 0 Å². The molecule has 112 valence electrons. The number of aryl methyl sites for hydroxylation is 1. The number of sulfone groups is 1. The number of nitrogens with two attached hydrogens (primary N) is 1. The van der Waals surface area contributed by atoms with Crippen LogP contribution in [0.2, 0.25) is 0 Å². The normalized spacial score (nSPS) is 11.4. The number of nitrogens with zero attached hydrogens (tertiary/aromatic N) is 2. The Hall–Kier alpha value is -2.19. The highest BCUT2D eigenvalue weighted by atomic mass is 32.2. The van der Waals surface area contributed by atoms with Gasteiger partial charge in [0.15, 0.2) is 15.7 Å². The van der Waals surface area contributed by atoms with Gasteiger partial charge in [0.1, 0.15) is 0 Å². The van der Waals surface area contributed by atoms with Gasteiger partial charge in [0.25, 0.3) is 5.91 Å². The number of nitrogens with one attached hydrogen (secondary N) is 1. The van der Waals surface area contributed by atoms with Gasteiger partial charge in [-0.2, -0.15) is 5.10 Å². The van der Waals surface area contributed by atoms with E-state index < -0.39 is 9.84 Å². The molecule has 1 heterocycles. The lowest BCUT2D eigenvalue weighted by Gasteiger charge is -2.05. The fourth-order valence-electron chi connectivity index (χ4n) is 1.83. The van der Waals surface area contributed by atoms with E-state index in [-0.39, 0.29) is 17.3 Å². The van der Waals surface area contributed by atoms with Crippen LogP contribution in [0.15, 0.2) is 35.4 Å². The summed E-state index contributed by atoms with van der Waals surface area (Å²) < 4.78 is 24.3. The molecule has 1 aromatic carbocycles. The predicted octanol–water partition coefficient (Wildman–Crippen LogP) is 0.535. The van der Waals surface area contributed by atoms with Crippen LogP contribution in [0.1, 0.15) is 15.9 Å². The Morgan fingerprint density at radius 2 is 1.95 bits per heavy atom. The topological polar surface area (TPSA) is 107 Å². The van der Waals surface area contributed by atoms with Crippen molar-refractivity contribution < 1.29 is 13.2 Å². The SMILES string of the molecule is Cn1cc(CN)c(NC(=O)c2ccc(S(C)(=O)=O)cc2)n1. The van der Waals surface area contributed by atoms with Crippen molar-refractivity contribution in [2.24, 2.45) is 12.8 Å². The fraction of sp³-hybridized carbons (Fsp3) is 0.231. The predicted molar refractivity (Wildman–Crippen MR) is 78.6 cm³/mol. The molecule has 8 heteroatoms. The van der Waals surface area contributed by atoms with Crippen molar-refractivity contribution in [2.75, 3.05) is 11.6 Å². The van der Waals surface area contributed by atoms with Crippen molar-refractivity contribution in [2.45, 2.75) is 11.4 Å². The van der Waals surface area contributed by atoms with Crippen molar-refractivity contribution in [1.82, 2.24) is 9.78 Å². The number of rotatable bonds is 4. The van der Waals surface area contributed by atoms with Crippen LogP contribution in [0, 0.1) is 0 Å². The zero-order chi connectivity index (χ0) is 15.6. The van der Waals surface area contributed by atoms with Crippen LogP contribution >= 0.6 is 0 Å². The second kappa shape index (κ2) is 5.66. The molecule has 0 aliphatic carbocycles. The number of hydrogen-bond donors (Lipinski definition) is 2. The number of anilines is 1. The molecule has 0 aliphatic rings. The summed E-state index contributed by atoms with van der Waals surface area (Å²) in [7, 11) is -1.54. The van der Waals surface area contributed by atoms with Crippen molar-refractivity contribution >= 4 is 21.6 Å². The maximum absolute atomic E-state index is 12.1. The first-order chi connectivity index (χ1) is 9.81. The zero-order valence-electron chi connectivity index (χ0n) is 11.7. The molecule has 2 rings (SSSR count). The monoisotopic (exact) mass is 308 g/mol. The molecule has 1 aromatic heterocycles. The molecule has 0 radical (unpaired) electrons. The van der Waals surface area contributed by atoms with E-state index in [4.69, 9.17) is 5.73 Å². The third-order valence-corrected chi connectivity index (χ3v) is 4.03. The van der Waals surface area contributed by atoms with Crippen LogP contribution < -0.4 is 11.1 Å². The standard InChI is InChI=1S/C13H16N4O3S/c1-17-8-10(7-14)12(16-17)15-13(18)9-3-5-11(6-4-9)21(2,19)20/h3-6,8H,7,14H2,1-2H3,(H,15,16,18). The van der Waals surface area contributed by atoms with Gasteiger partial charge in [-0.3, -0.25) is 9.48 Å². The van der Waals surface area contributed by atoms with E-state index in [2.05, 4.69) is 10.4 Å². The number of benzene rings is 1. The minimum absolute atomic E-state index is 0.166. The number of carbonyl (C=O) groups is 1. The first kappa shape index (κ1) is 15.2. The van der Waals surface area contributed by atoms with Gasteiger partial charge >= 0.3 is 0 Å². The van der Waals surface area contributed by atoms with Crippen LogP contribution in [0.3, 0.4) is 0 Å². The smallest absolute Gasteiger partial charge is 0.256 e. The van der Waals surface area contributed by atoms with E-state index in [1.165, 1.54) is 24.3 Å². The Morgan fingerprint density at radius 3 is 2.48 bits per heavy atom. The van der Waals surface area contributed by atoms with Crippen molar-refractivity contribution in [3.8, 4) is 0 Å². The number of amides is 1. The highest BCUT2D eigenvalue weighted by molar-refractivity contribution is 7.90. The van der Waals surface area contributed by atoms with Crippen LogP contribution in [-0.2, 0) is 23.4 Å². The fourth-order valence-corrected chi connectivity index (χ4v) is 2.46. The largest absolute Gasteiger partial charge is 0.326 e.